The van der Waals surface area contributed by atoms with Crippen LogP contribution in [0.5, 0.6) is 0 Å². The Morgan fingerprint density at radius 1 is 1.10 bits per heavy atom. The minimum absolute atomic E-state index is 0.410. The fourth-order valence-electron chi connectivity index (χ4n) is 3.05. The van der Waals surface area contributed by atoms with Crippen LogP contribution in [-0.2, 0) is 6.42 Å². The van der Waals surface area contributed by atoms with Crippen molar-refractivity contribution in [3.05, 3.63) is 64.7 Å². The number of nitrogens with one attached hydrogen (secondary N) is 1. The second-order valence-corrected chi connectivity index (χ2v) is 6.80. The highest BCUT2D eigenvalue weighted by atomic mass is 32.2. The lowest BCUT2D eigenvalue weighted by atomic mass is 9.93. The second kappa shape index (κ2) is 5.63. The molecule has 1 aliphatic heterocycles. The van der Waals surface area contributed by atoms with E-state index < -0.39 is 0 Å². The zero-order chi connectivity index (χ0) is 14.1. The van der Waals surface area contributed by atoms with Crippen molar-refractivity contribution in [2.75, 3.05) is 7.05 Å². The molecule has 0 amide bonds. The van der Waals surface area contributed by atoms with Gasteiger partial charge in [-0.05, 0) is 55.6 Å². The molecule has 20 heavy (non-hydrogen) atoms. The van der Waals surface area contributed by atoms with Crippen LogP contribution in [0.15, 0.2) is 47.4 Å². The van der Waals surface area contributed by atoms with E-state index >= 15 is 0 Å². The van der Waals surface area contributed by atoms with Crippen molar-refractivity contribution in [1.82, 2.24) is 5.32 Å². The molecule has 0 aromatic heterocycles. The molecule has 2 unspecified atom stereocenters. The number of benzene rings is 2. The monoisotopic (exact) mass is 283 g/mol. The second-order valence-electron chi connectivity index (χ2n) is 5.52. The van der Waals surface area contributed by atoms with Crippen molar-refractivity contribution in [3.8, 4) is 0 Å². The van der Waals surface area contributed by atoms with Gasteiger partial charge in [0.05, 0.1) is 0 Å². The molecule has 104 valence electrons. The van der Waals surface area contributed by atoms with Crippen LogP contribution in [0.1, 0.15) is 28.3 Å². The van der Waals surface area contributed by atoms with Gasteiger partial charge in [0.15, 0.2) is 0 Å². The van der Waals surface area contributed by atoms with Crippen LogP contribution in [0.3, 0.4) is 0 Å². The predicted octanol–water partition coefficient (Wildman–Crippen LogP) is 4.28. The quantitative estimate of drug-likeness (QED) is 0.902. The fourth-order valence-corrected chi connectivity index (χ4v) is 4.51. The topological polar surface area (TPSA) is 12.0 Å². The Labute approximate surface area is 125 Å². The van der Waals surface area contributed by atoms with Gasteiger partial charge in [-0.1, -0.05) is 36.4 Å². The molecule has 3 rings (SSSR count). The lowest BCUT2D eigenvalue weighted by Gasteiger charge is -2.25. The highest BCUT2D eigenvalue weighted by Gasteiger charge is 2.30. The Morgan fingerprint density at radius 3 is 2.65 bits per heavy atom. The summed E-state index contributed by atoms with van der Waals surface area (Å²) in [6, 6.07) is 15.8. The van der Waals surface area contributed by atoms with Crippen LogP contribution in [-0.4, -0.2) is 12.3 Å². The maximum Gasteiger partial charge on any atom is 0.0447 e. The zero-order valence-corrected chi connectivity index (χ0v) is 13.1. The van der Waals surface area contributed by atoms with Crippen LogP contribution < -0.4 is 5.32 Å². The van der Waals surface area contributed by atoms with Gasteiger partial charge >= 0.3 is 0 Å². The van der Waals surface area contributed by atoms with Crippen molar-refractivity contribution in [2.24, 2.45) is 0 Å². The van der Waals surface area contributed by atoms with Crippen LogP contribution >= 0.6 is 11.8 Å². The zero-order valence-electron chi connectivity index (χ0n) is 12.3. The number of hydrogen-bond acceptors (Lipinski definition) is 2. The Balaban J connectivity index is 1.91. The summed E-state index contributed by atoms with van der Waals surface area (Å²) in [5.41, 5.74) is 5.73. The van der Waals surface area contributed by atoms with Crippen molar-refractivity contribution in [3.63, 3.8) is 0 Å². The summed E-state index contributed by atoms with van der Waals surface area (Å²) in [5.74, 6) is 0. The lowest BCUT2D eigenvalue weighted by molar-refractivity contribution is 0.565. The van der Waals surface area contributed by atoms with Gasteiger partial charge in [-0.25, -0.2) is 0 Å². The van der Waals surface area contributed by atoms with E-state index in [0.717, 1.165) is 6.42 Å². The van der Waals surface area contributed by atoms with Gasteiger partial charge in [0.25, 0.3) is 0 Å². The Kier molecular flexibility index (Phi) is 3.86. The normalized spacial score (nSPS) is 18.9. The molecule has 2 aromatic carbocycles. The molecule has 0 saturated heterocycles. The Hall–Kier alpha value is -1.25. The number of aryl methyl sites for hydroxylation is 1. The van der Waals surface area contributed by atoms with E-state index in [9.17, 15) is 0 Å². The van der Waals surface area contributed by atoms with Crippen LogP contribution in [0, 0.1) is 13.8 Å². The Bertz CT molecular complexity index is 596. The molecule has 0 fully saturated rings. The predicted molar refractivity (Wildman–Crippen MR) is 87.5 cm³/mol. The molecule has 2 atom stereocenters. The van der Waals surface area contributed by atoms with Gasteiger partial charge in [0.1, 0.15) is 0 Å². The summed E-state index contributed by atoms with van der Waals surface area (Å²) in [6.07, 6.45) is 1.15. The van der Waals surface area contributed by atoms with Crippen LogP contribution in [0.2, 0.25) is 0 Å². The highest BCUT2D eigenvalue weighted by Crippen LogP contribution is 2.43. The molecule has 0 aliphatic carbocycles. The highest BCUT2D eigenvalue weighted by molar-refractivity contribution is 8.00. The first kappa shape index (κ1) is 13.7. The van der Waals surface area contributed by atoms with E-state index in [1.54, 1.807) is 0 Å². The molecule has 0 radical (unpaired) electrons. The van der Waals surface area contributed by atoms with E-state index in [2.05, 4.69) is 68.7 Å². The SMILES string of the molecule is CNC(c1cccc(C)c1C)C1Cc2ccccc2S1. The van der Waals surface area contributed by atoms with E-state index in [-0.39, 0.29) is 0 Å². The third-order valence-electron chi connectivity index (χ3n) is 4.34. The van der Waals surface area contributed by atoms with Gasteiger partial charge in [0, 0.05) is 16.2 Å². The van der Waals surface area contributed by atoms with E-state index in [4.69, 9.17) is 0 Å². The first-order valence-electron chi connectivity index (χ1n) is 7.18. The first-order valence-corrected chi connectivity index (χ1v) is 8.06. The van der Waals surface area contributed by atoms with Gasteiger partial charge in [-0.3, -0.25) is 0 Å². The minimum atomic E-state index is 0.410. The Morgan fingerprint density at radius 2 is 1.90 bits per heavy atom. The standard InChI is InChI=1S/C18H21NS/c1-12-7-6-9-15(13(12)2)18(19-3)17-11-14-8-4-5-10-16(14)20-17/h4-10,17-19H,11H2,1-3H3. The third kappa shape index (κ3) is 2.38. The van der Waals surface area contributed by atoms with E-state index in [0.29, 0.717) is 11.3 Å². The smallest absolute Gasteiger partial charge is 0.0447 e. The molecule has 1 aliphatic rings. The van der Waals surface area contributed by atoms with Crippen molar-refractivity contribution >= 4 is 11.8 Å². The van der Waals surface area contributed by atoms with E-state index in [1.165, 1.54) is 27.1 Å². The average Bonchev–Trinajstić information content (AvgIpc) is 2.87. The maximum absolute atomic E-state index is 3.54. The average molecular weight is 283 g/mol. The molecule has 0 saturated carbocycles. The summed E-state index contributed by atoms with van der Waals surface area (Å²) in [6.45, 7) is 4.43. The number of thioether (sulfide) groups is 1. The van der Waals surface area contributed by atoms with Crippen molar-refractivity contribution in [1.29, 1.82) is 0 Å². The fraction of sp³-hybridized carbons (Fsp3) is 0.333. The van der Waals surface area contributed by atoms with Crippen LogP contribution in [0.4, 0.5) is 0 Å². The number of fused-ring (bicyclic) bond motifs is 1. The maximum atomic E-state index is 3.54. The largest absolute Gasteiger partial charge is 0.312 e. The number of rotatable bonds is 3. The van der Waals surface area contributed by atoms with Gasteiger partial charge < -0.3 is 5.32 Å². The summed E-state index contributed by atoms with van der Waals surface area (Å²) in [4.78, 5) is 1.45. The summed E-state index contributed by atoms with van der Waals surface area (Å²) >= 11 is 2.02. The molecule has 2 heteroatoms. The molecule has 1 heterocycles. The van der Waals surface area contributed by atoms with Gasteiger partial charge in [-0.2, -0.15) is 0 Å². The van der Waals surface area contributed by atoms with Crippen molar-refractivity contribution < 1.29 is 0 Å². The summed E-state index contributed by atoms with van der Waals surface area (Å²) < 4.78 is 0. The summed E-state index contributed by atoms with van der Waals surface area (Å²) in [7, 11) is 2.08. The molecule has 2 aromatic rings. The van der Waals surface area contributed by atoms with Crippen LogP contribution in [0.25, 0.3) is 0 Å². The first-order chi connectivity index (χ1) is 9.70. The molecular weight excluding hydrogens is 262 g/mol. The van der Waals surface area contributed by atoms with E-state index in [1.807, 2.05) is 11.8 Å². The molecule has 0 spiro atoms. The number of hydrogen-bond donors (Lipinski definition) is 1. The van der Waals surface area contributed by atoms with Gasteiger partial charge in [0.2, 0.25) is 0 Å². The molecular formula is C18H21NS. The van der Waals surface area contributed by atoms with Crippen molar-refractivity contribution in [2.45, 2.75) is 36.5 Å². The van der Waals surface area contributed by atoms with Gasteiger partial charge in [-0.15, -0.1) is 11.8 Å². The summed E-state index contributed by atoms with van der Waals surface area (Å²) in [5, 5.41) is 4.12. The minimum Gasteiger partial charge on any atom is -0.312 e. The lowest BCUT2D eigenvalue weighted by Crippen LogP contribution is -2.28. The third-order valence-corrected chi connectivity index (χ3v) is 5.73. The molecule has 1 nitrogen and oxygen atoms in total. The molecule has 1 N–H and O–H groups in total. The molecule has 0 bridgehead atoms.